The summed E-state index contributed by atoms with van der Waals surface area (Å²) in [6, 6.07) is 18.9. The maximum atomic E-state index is 12.4. The van der Waals surface area contributed by atoms with E-state index in [4.69, 9.17) is 14.2 Å². The van der Waals surface area contributed by atoms with Gasteiger partial charge in [0.15, 0.2) is 17.2 Å². The van der Waals surface area contributed by atoms with Gasteiger partial charge in [-0.05, 0) is 75.1 Å². The number of hydrogen-bond acceptors (Lipinski definition) is 8. The highest BCUT2D eigenvalue weighted by Gasteiger charge is 2.25. The normalized spacial score (nSPS) is 12.5. The molecule has 3 aromatic carbocycles. The molecule has 0 atom stereocenters. The first kappa shape index (κ1) is 26.0. The fraction of sp³-hybridized carbons (Fsp3) is 0.233. The second-order valence-corrected chi connectivity index (χ2v) is 9.28. The zero-order valence-corrected chi connectivity index (χ0v) is 22.1. The number of hydrogen-bond donors (Lipinski definition) is 1. The molecule has 0 saturated carbocycles. The molecule has 1 N–H and O–H groups in total. The van der Waals surface area contributed by atoms with Crippen LogP contribution in [-0.2, 0) is 4.79 Å². The number of carbonyl (C=O) groups excluding carboxylic acids is 1. The average molecular weight is 526 g/mol. The number of anilines is 3. The van der Waals surface area contributed by atoms with Gasteiger partial charge in [-0.2, -0.15) is 0 Å². The molecule has 0 bridgehead atoms. The molecule has 0 fully saturated rings. The van der Waals surface area contributed by atoms with Gasteiger partial charge >= 0.3 is 0 Å². The van der Waals surface area contributed by atoms with Crippen molar-refractivity contribution in [1.82, 2.24) is 14.9 Å². The van der Waals surface area contributed by atoms with Crippen LogP contribution in [0.2, 0.25) is 0 Å². The largest absolute Gasteiger partial charge is 0.490 e. The number of aromatic nitrogens is 2. The Hall–Kier alpha value is -4.63. The van der Waals surface area contributed by atoms with Gasteiger partial charge in [0.25, 0.3) is 5.91 Å². The van der Waals surface area contributed by atoms with Gasteiger partial charge in [0.2, 0.25) is 0 Å². The van der Waals surface area contributed by atoms with E-state index >= 15 is 0 Å². The summed E-state index contributed by atoms with van der Waals surface area (Å²) >= 11 is 0. The van der Waals surface area contributed by atoms with E-state index in [0.29, 0.717) is 65.2 Å². The van der Waals surface area contributed by atoms with Crippen molar-refractivity contribution in [3.8, 4) is 23.0 Å². The summed E-state index contributed by atoms with van der Waals surface area (Å²) in [5.41, 5.74) is 2.19. The highest BCUT2D eigenvalue weighted by atomic mass is 16.5. The summed E-state index contributed by atoms with van der Waals surface area (Å²) in [6.07, 6.45) is 3.73. The molecule has 1 amide bonds. The molecule has 200 valence electrons. The Labute approximate surface area is 227 Å². The van der Waals surface area contributed by atoms with Crippen molar-refractivity contribution in [2.24, 2.45) is 0 Å². The third-order valence-electron chi connectivity index (χ3n) is 6.23. The highest BCUT2D eigenvalue weighted by Crippen LogP contribution is 2.41. The number of nitrogens with zero attached hydrogens (tertiary/aromatic N) is 4. The van der Waals surface area contributed by atoms with Crippen molar-refractivity contribution in [1.29, 1.82) is 0 Å². The SMILES string of the molecule is C=CC(=O)N1CCOc2c1ccc1ncnc(Nc3ccc(Oc4ccccc4OCCCN(C)C)cc3)c21. The van der Waals surface area contributed by atoms with Crippen LogP contribution in [0.5, 0.6) is 23.0 Å². The van der Waals surface area contributed by atoms with E-state index in [0.717, 1.165) is 18.7 Å². The molecule has 0 radical (unpaired) electrons. The van der Waals surface area contributed by atoms with Crippen molar-refractivity contribution in [2.75, 3.05) is 50.6 Å². The van der Waals surface area contributed by atoms with Crippen LogP contribution in [0.3, 0.4) is 0 Å². The average Bonchev–Trinajstić information content (AvgIpc) is 2.96. The fourth-order valence-corrected chi connectivity index (χ4v) is 4.35. The Balaban J connectivity index is 1.34. The van der Waals surface area contributed by atoms with Crippen LogP contribution in [0.25, 0.3) is 10.9 Å². The van der Waals surface area contributed by atoms with Gasteiger partial charge in [-0.3, -0.25) is 4.79 Å². The summed E-state index contributed by atoms with van der Waals surface area (Å²) in [4.78, 5) is 25.1. The summed E-state index contributed by atoms with van der Waals surface area (Å²) in [5, 5.41) is 4.07. The van der Waals surface area contributed by atoms with E-state index in [1.54, 1.807) is 4.90 Å². The number of ether oxygens (including phenoxy) is 3. The van der Waals surface area contributed by atoms with Crippen LogP contribution in [0.1, 0.15) is 6.42 Å². The minimum Gasteiger partial charge on any atom is -0.490 e. The van der Waals surface area contributed by atoms with E-state index in [1.807, 2.05) is 74.8 Å². The third-order valence-corrected chi connectivity index (χ3v) is 6.23. The van der Waals surface area contributed by atoms with Crippen molar-refractivity contribution >= 4 is 34.0 Å². The van der Waals surface area contributed by atoms with E-state index in [9.17, 15) is 4.79 Å². The van der Waals surface area contributed by atoms with Gasteiger partial charge in [-0.1, -0.05) is 18.7 Å². The van der Waals surface area contributed by atoms with E-state index in [2.05, 4.69) is 26.8 Å². The molecule has 0 spiro atoms. The number of carbonyl (C=O) groups is 1. The Morgan fingerprint density at radius 1 is 1.10 bits per heavy atom. The minimum atomic E-state index is -0.179. The predicted octanol–water partition coefficient (Wildman–Crippen LogP) is 5.41. The maximum absolute atomic E-state index is 12.4. The Morgan fingerprint density at radius 3 is 2.67 bits per heavy atom. The smallest absolute Gasteiger partial charge is 0.250 e. The molecule has 0 saturated heterocycles. The second-order valence-electron chi connectivity index (χ2n) is 9.28. The van der Waals surface area contributed by atoms with Crippen LogP contribution in [0.4, 0.5) is 17.2 Å². The number of benzene rings is 3. The van der Waals surface area contributed by atoms with Gasteiger partial charge in [-0.15, -0.1) is 0 Å². The fourth-order valence-electron chi connectivity index (χ4n) is 4.35. The molecule has 2 heterocycles. The Kier molecular flexibility index (Phi) is 7.88. The first-order valence-electron chi connectivity index (χ1n) is 12.8. The van der Waals surface area contributed by atoms with Crippen molar-refractivity contribution < 1.29 is 19.0 Å². The summed E-state index contributed by atoms with van der Waals surface area (Å²) < 4.78 is 18.1. The first-order chi connectivity index (χ1) is 19.0. The second kappa shape index (κ2) is 11.8. The lowest BCUT2D eigenvalue weighted by molar-refractivity contribution is -0.114. The number of amides is 1. The molecule has 1 aromatic heterocycles. The molecule has 9 heteroatoms. The Bertz CT molecular complexity index is 1470. The third kappa shape index (κ3) is 5.94. The quantitative estimate of drug-likeness (QED) is 0.217. The highest BCUT2D eigenvalue weighted by molar-refractivity contribution is 6.07. The predicted molar refractivity (Wildman–Crippen MR) is 152 cm³/mol. The van der Waals surface area contributed by atoms with Crippen molar-refractivity contribution in [3.63, 3.8) is 0 Å². The lowest BCUT2D eigenvalue weighted by atomic mass is 10.1. The van der Waals surface area contributed by atoms with Gasteiger partial charge in [0, 0.05) is 12.2 Å². The van der Waals surface area contributed by atoms with Gasteiger partial charge in [-0.25, -0.2) is 9.97 Å². The zero-order chi connectivity index (χ0) is 27.2. The zero-order valence-electron chi connectivity index (χ0n) is 22.1. The van der Waals surface area contributed by atoms with Crippen LogP contribution < -0.4 is 24.4 Å². The van der Waals surface area contributed by atoms with E-state index < -0.39 is 0 Å². The molecule has 0 aliphatic carbocycles. The van der Waals surface area contributed by atoms with Gasteiger partial charge in [0.1, 0.15) is 24.5 Å². The van der Waals surface area contributed by atoms with Crippen LogP contribution >= 0.6 is 0 Å². The lowest BCUT2D eigenvalue weighted by Gasteiger charge is -2.29. The topological polar surface area (TPSA) is 89.1 Å². The molecular weight excluding hydrogens is 494 g/mol. The number of para-hydroxylation sites is 2. The van der Waals surface area contributed by atoms with Crippen molar-refractivity contribution in [3.05, 3.63) is 79.6 Å². The molecular formula is C30H31N5O4. The standard InChI is InChI=1S/C30H31N5O4/c1-4-27(36)35-17-19-38-29-24(35)15-14-23-28(29)30(32-20-31-23)33-21-10-12-22(13-11-21)39-26-9-6-5-8-25(26)37-18-7-16-34(2)3/h4-6,8-15,20H,1,7,16-19H2,2-3H3,(H,31,32,33). The number of fused-ring (bicyclic) bond motifs is 3. The van der Waals surface area contributed by atoms with Crippen LogP contribution in [0, 0.1) is 0 Å². The number of nitrogens with one attached hydrogen (secondary N) is 1. The van der Waals surface area contributed by atoms with Gasteiger partial charge < -0.3 is 29.3 Å². The minimum absolute atomic E-state index is 0.179. The van der Waals surface area contributed by atoms with E-state index in [-0.39, 0.29) is 5.91 Å². The first-order valence-corrected chi connectivity index (χ1v) is 12.8. The maximum Gasteiger partial charge on any atom is 0.250 e. The molecule has 0 unspecified atom stereocenters. The molecule has 1 aliphatic rings. The molecule has 5 rings (SSSR count). The van der Waals surface area contributed by atoms with E-state index in [1.165, 1.54) is 12.4 Å². The van der Waals surface area contributed by atoms with Crippen LogP contribution in [0.15, 0.2) is 79.6 Å². The van der Waals surface area contributed by atoms with Gasteiger partial charge in [0.05, 0.1) is 29.7 Å². The summed E-state index contributed by atoms with van der Waals surface area (Å²) in [6.45, 7) is 6.00. The number of rotatable bonds is 10. The molecule has 4 aromatic rings. The van der Waals surface area contributed by atoms with Crippen molar-refractivity contribution in [2.45, 2.75) is 6.42 Å². The summed E-state index contributed by atoms with van der Waals surface area (Å²) in [5.74, 6) is 3.01. The molecule has 9 nitrogen and oxygen atoms in total. The summed E-state index contributed by atoms with van der Waals surface area (Å²) in [7, 11) is 4.09. The molecule has 39 heavy (non-hydrogen) atoms. The molecule has 1 aliphatic heterocycles. The lowest BCUT2D eigenvalue weighted by Crippen LogP contribution is -2.36. The van der Waals surface area contributed by atoms with Crippen LogP contribution in [-0.4, -0.2) is 61.2 Å². The monoisotopic (exact) mass is 525 g/mol. The Morgan fingerprint density at radius 2 is 1.90 bits per heavy atom.